The molecule has 0 bridgehead atoms. The highest BCUT2D eigenvalue weighted by Crippen LogP contribution is 2.19. The fraction of sp³-hybridized carbons (Fsp3) is 0.414. The highest BCUT2D eigenvalue weighted by molar-refractivity contribution is 5.59. The van der Waals surface area contributed by atoms with Crippen LogP contribution in [-0.2, 0) is 25.7 Å². The van der Waals surface area contributed by atoms with Gasteiger partial charge in [-0.15, -0.1) is 0 Å². The molecule has 0 fully saturated rings. The van der Waals surface area contributed by atoms with E-state index in [1.807, 2.05) is 0 Å². The molecule has 0 radical (unpaired) electrons. The maximum Gasteiger partial charge on any atom is 0.0702 e. The molecule has 3 rings (SSSR count). The van der Waals surface area contributed by atoms with Gasteiger partial charge < -0.3 is 0 Å². The summed E-state index contributed by atoms with van der Waals surface area (Å²) in [5.41, 5.74) is 7.91. The molecule has 30 heavy (non-hydrogen) atoms. The van der Waals surface area contributed by atoms with Crippen molar-refractivity contribution in [2.24, 2.45) is 0 Å². The van der Waals surface area contributed by atoms with Gasteiger partial charge in [0.1, 0.15) is 0 Å². The average molecular weight is 400 g/mol. The Hall–Kier alpha value is -2.41. The van der Waals surface area contributed by atoms with E-state index in [1.54, 1.807) is 0 Å². The lowest BCUT2D eigenvalue weighted by atomic mass is 10.00. The van der Waals surface area contributed by atoms with Crippen molar-refractivity contribution in [3.8, 4) is 11.3 Å². The van der Waals surface area contributed by atoms with Crippen molar-refractivity contribution in [1.82, 2.24) is 4.98 Å². The van der Waals surface area contributed by atoms with Crippen molar-refractivity contribution in [3.63, 3.8) is 0 Å². The van der Waals surface area contributed by atoms with Gasteiger partial charge in [0.25, 0.3) is 0 Å². The van der Waals surface area contributed by atoms with Crippen molar-refractivity contribution in [2.45, 2.75) is 78.1 Å². The van der Waals surface area contributed by atoms with E-state index in [9.17, 15) is 0 Å². The lowest BCUT2D eigenvalue weighted by molar-refractivity contribution is 0.666. The summed E-state index contributed by atoms with van der Waals surface area (Å²) >= 11 is 0. The zero-order valence-corrected chi connectivity index (χ0v) is 18.9. The van der Waals surface area contributed by atoms with Gasteiger partial charge >= 0.3 is 0 Å². The Morgan fingerprint density at radius 2 is 1.03 bits per heavy atom. The van der Waals surface area contributed by atoms with Gasteiger partial charge in [-0.2, -0.15) is 0 Å². The van der Waals surface area contributed by atoms with Gasteiger partial charge in [-0.25, -0.2) is 0 Å². The molecule has 0 N–H and O–H groups in total. The highest BCUT2D eigenvalue weighted by Gasteiger charge is 2.02. The van der Waals surface area contributed by atoms with Crippen LogP contribution in [0, 0.1) is 0 Å². The first-order valence-corrected chi connectivity index (χ1v) is 11.9. The van der Waals surface area contributed by atoms with E-state index in [1.165, 1.54) is 72.8 Å². The van der Waals surface area contributed by atoms with Crippen molar-refractivity contribution < 1.29 is 0 Å². The molecule has 0 aliphatic carbocycles. The van der Waals surface area contributed by atoms with Crippen LogP contribution in [0.25, 0.3) is 11.3 Å². The molecule has 1 heteroatoms. The summed E-state index contributed by atoms with van der Waals surface area (Å²) in [6.45, 7) is 4.51. The number of benzene rings is 2. The normalized spacial score (nSPS) is 11.0. The molecule has 0 aliphatic heterocycles. The van der Waals surface area contributed by atoms with Gasteiger partial charge in [-0.1, -0.05) is 94.1 Å². The number of unbranched alkanes of at least 4 members (excludes halogenated alkanes) is 4. The van der Waals surface area contributed by atoms with Crippen LogP contribution in [0.1, 0.15) is 74.6 Å². The number of hydrogen-bond donors (Lipinski definition) is 0. The molecule has 0 unspecified atom stereocenters. The summed E-state index contributed by atoms with van der Waals surface area (Å²) in [6, 6.07) is 22.5. The fourth-order valence-corrected chi connectivity index (χ4v) is 3.88. The molecule has 3 aromatic rings. The minimum Gasteiger partial charge on any atom is -0.256 e. The second-order valence-electron chi connectivity index (χ2n) is 8.48. The van der Waals surface area contributed by atoms with Crippen molar-refractivity contribution >= 4 is 0 Å². The third-order valence-electron chi connectivity index (χ3n) is 5.94. The maximum atomic E-state index is 4.70. The van der Waals surface area contributed by atoms with Crippen LogP contribution in [0.15, 0.2) is 66.9 Å². The largest absolute Gasteiger partial charge is 0.256 e. The zero-order valence-electron chi connectivity index (χ0n) is 18.9. The number of aromatic nitrogens is 1. The van der Waals surface area contributed by atoms with Crippen LogP contribution in [0.4, 0.5) is 0 Å². The molecule has 1 aromatic heterocycles. The molecule has 2 aromatic carbocycles. The molecule has 0 atom stereocenters. The van der Waals surface area contributed by atoms with Gasteiger partial charge in [-0.05, 0) is 66.8 Å². The van der Waals surface area contributed by atoms with Gasteiger partial charge in [0.2, 0.25) is 0 Å². The SMILES string of the molecule is CCCCCCc1ccc(-c2ccc(CCc3ccc(CCCC)cc3)cc2)nc1. The van der Waals surface area contributed by atoms with Gasteiger partial charge in [0, 0.05) is 11.8 Å². The Balaban J connectivity index is 1.49. The minimum absolute atomic E-state index is 1.07. The van der Waals surface area contributed by atoms with E-state index in [2.05, 4.69) is 80.7 Å². The van der Waals surface area contributed by atoms with E-state index in [0.29, 0.717) is 0 Å². The highest BCUT2D eigenvalue weighted by atomic mass is 14.7. The first-order valence-electron chi connectivity index (χ1n) is 11.9. The van der Waals surface area contributed by atoms with Crippen LogP contribution in [-0.4, -0.2) is 4.98 Å². The summed E-state index contributed by atoms with van der Waals surface area (Å²) in [6.07, 6.45) is 14.3. The molecule has 0 spiro atoms. The quantitative estimate of drug-likeness (QED) is 0.281. The lowest BCUT2D eigenvalue weighted by Gasteiger charge is -2.07. The summed E-state index contributed by atoms with van der Waals surface area (Å²) < 4.78 is 0. The van der Waals surface area contributed by atoms with Crippen molar-refractivity contribution in [2.75, 3.05) is 0 Å². The average Bonchev–Trinajstić information content (AvgIpc) is 2.81. The van der Waals surface area contributed by atoms with E-state index >= 15 is 0 Å². The molecule has 0 saturated carbocycles. The number of hydrogen-bond acceptors (Lipinski definition) is 1. The lowest BCUT2D eigenvalue weighted by Crippen LogP contribution is -1.93. The standard InChI is InChI=1S/C29H37N/c1-3-5-7-8-10-27-19-22-29(30-23-27)28-20-17-26(18-21-28)16-15-25-13-11-24(12-14-25)9-6-4-2/h11-14,17-23H,3-10,15-16H2,1-2H3. The number of pyridine rings is 1. The third kappa shape index (κ3) is 7.13. The van der Waals surface area contributed by atoms with E-state index in [0.717, 1.165) is 25.0 Å². The smallest absolute Gasteiger partial charge is 0.0702 e. The number of aryl methyl sites for hydroxylation is 4. The van der Waals surface area contributed by atoms with Crippen LogP contribution < -0.4 is 0 Å². The van der Waals surface area contributed by atoms with Crippen LogP contribution >= 0.6 is 0 Å². The molecular formula is C29H37N. The number of nitrogens with zero attached hydrogens (tertiary/aromatic N) is 1. The molecule has 0 aliphatic rings. The molecule has 1 heterocycles. The predicted octanol–water partition coefficient (Wildman–Crippen LogP) is 8.00. The molecule has 0 amide bonds. The van der Waals surface area contributed by atoms with Gasteiger partial charge in [-0.3, -0.25) is 4.98 Å². The molecule has 158 valence electrons. The third-order valence-corrected chi connectivity index (χ3v) is 5.94. The van der Waals surface area contributed by atoms with E-state index < -0.39 is 0 Å². The van der Waals surface area contributed by atoms with Crippen molar-refractivity contribution in [3.05, 3.63) is 89.1 Å². The van der Waals surface area contributed by atoms with Gasteiger partial charge in [0.15, 0.2) is 0 Å². The topological polar surface area (TPSA) is 12.9 Å². The summed E-state index contributed by atoms with van der Waals surface area (Å²) in [5.74, 6) is 0. The van der Waals surface area contributed by atoms with E-state index in [-0.39, 0.29) is 0 Å². The maximum absolute atomic E-state index is 4.70. The summed E-state index contributed by atoms with van der Waals surface area (Å²) in [4.78, 5) is 4.70. The monoisotopic (exact) mass is 399 g/mol. The second kappa shape index (κ2) is 12.3. The van der Waals surface area contributed by atoms with Crippen molar-refractivity contribution in [1.29, 1.82) is 0 Å². The van der Waals surface area contributed by atoms with E-state index in [4.69, 9.17) is 4.98 Å². The van der Waals surface area contributed by atoms with Gasteiger partial charge in [0.05, 0.1) is 5.69 Å². The Kier molecular flexibility index (Phi) is 9.15. The zero-order chi connectivity index (χ0) is 21.0. The number of rotatable bonds is 12. The Morgan fingerprint density at radius 1 is 0.500 bits per heavy atom. The molecule has 0 saturated heterocycles. The molecule has 1 nitrogen and oxygen atoms in total. The minimum atomic E-state index is 1.07. The Morgan fingerprint density at radius 3 is 1.60 bits per heavy atom. The molecular weight excluding hydrogens is 362 g/mol. The fourth-order valence-electron chi connectivity index (χ4n) is 3.88. The first kappa shape index (κ1) is 22.3. The Labute approximate surface area is 183 Å². The Bertz CT molecular complexity index is 844. The van der Waals surface area contributed by atoms with Crippen LogP contribution in [0.2, 0.25) is 0 Å². The van der Waals surface area contributed by atoms with Crippen LogP contribution in [0.3, 0.4) is 0 Å². The summed E-state index contributed by atoms with van der Waals surface area (Å²) in [7, 11) is 0. The second-order valence-corrected chi connectivity index (χ2v) is 8.48. The summed E-state index contributed by atoms with van der Waals surface area (Å²) in [5, 5.41) is 0. The predicted molar refractivity (Wildman–Crippen MR) is 130 cm³/mol. The van der Waals surface area contributed by atoms with Crippen LogP contribution in [0.5, 0.6) is 0 Å². The first-order chi connectivity index (χ1) is 14.8.